The van der Waals surface area contributed by atoms with Crippen molar-refractivity contribution in [3.8, 4) is 0 Å². The number of likely N-dealkylation sites (N-methyl/N-ethyl adjacent to an activating group) is 1. The zero-order valence-electron chi connectivity index (χ0n) is 14.1. The maximum Gasteiger partial charge on any atom is 0.315 e. The minimum Gasteiger partial charge on any atom is -0.467 e. The van der Waals surface area contributed by atoms with Crippen LogP contribution < -0.4 is 10.6 Å². The van der Waals surface area contributed by atoms with Gasteiger partial charge in [-0.3, -0.25) is 0 Å². The van der Waals surface area contributed by atoms with E-state index in [1.165, 1.54) is 11.8 Å². The Morgan fingerprint density at radius 1 is 1.21 bits per heavy atom. The van der Waals surface area contributed by atoms with Gasteiger partial charge in [-0.25, -0.2) is 4.79 Å². The van der Waals surface area contributed by atoms with Crippen molar-refractivity contribution in [3.05, 3.63) is 60.1 Å². The summed E-state index contributed by atoms with van der Waals surface area (Å²) in [4.78, 5) is 14.2. The fourth-order valence-corrected chi connectivity index (χ4v) is 2.51. The number of furan rings is 1. The van der Waals surface area contributed by atoms with Crippen LogP contribution in [0.25, 0.3) is 0 Å². The largest absolute Gasteiger partial charge is 0.467 e. The van der Waals surface area contributed by atoms with Crippen LogP contribution in [0.1, 0.15) is 17.4 Å². The Hall–Kier alpha value is -2.31. The van der Waals surface area contributed by atoms with E-state index in [4.69, 9.17) is 4.42 Å². The number of aliphatic hydroxyl groups excluding tert-OH is 1. The molecule has 0 aliphatic heterocycles. The molecule has 1 heterocycles. The number of rotatable bonds is 8. The van der Waals surface area contributed by atoms with Crippen LogP contribution in [0.3, 0.4) is 0 Å². The molecule has 3 N–H and O–H groups in total. The van der Waals surface area contributed by atoms with Gasteiger partial charge in [-0.15, -0.1) is 0 Å². The molecule has 2 atom stereocenters. The fraction of sp³-hybridized carbons (Fsp3) is 0.389. The number of amides is 2. The molecule has 1 aromatic heterocycles. The molecule has 2 aromatic rings. The Morgan fingerprint density at radius 2 is 1.96 bits per heavy atom. The lowest BCUT2D eigenvalue weighted by Crippen LogP contribution is -2.48. The van der Waals surface area contributed by atoms with Gasteiger partial charge in [0, 0.05) is 12.6 Å². The Labute approximate surface area is 142 Å². The average Bonchev–Trinajstić information content (AvgIpc) is 3.07. The summed E-state index contributed by atoms with van der Waals surface area (Å²) in [6.07, 6.45) is 1.38. The number of nitrogens with zero attached hydrogens (tertiary/aromatic N) is 1. The van der Waals surface area contributed by atoms with E-state index in [9.17, 15) is 9.90 Å². The van der Waals surface area contributed by atoms with Crippen LogP contribution in [0.4, 0.5) is 4.79 Å². The zero-order valence-corrected chi connectivity index (χ0v) is 14.1. The van der Waals surface area contributed by atoms with Gasteiger partial charge >= 0.3 is 6.03 Å². The van der Waals surface area contributed by atoms with Gasteiger partial charge in [-0.2, -0.15) is 0 Å². The molecule has 6 heteroatoms. The van der Waals surface area contributed by atoms with E-state index in [0.717, 1.165) is 13.0 Å². The summed E-state index contributed by atoms with van der Waals surface area (Å²) in [5, 5.41) is 15.6. The van der Waals surface area contributed by atoms with Crippen molar-refractivity contribution in [1.82, 2.24) is 15.5 Å². The summed E-state index contributed by atoms with van der Waals surface area (Å²) in [6, 6.07) is 13.1. The monoisotopic (exact) mass is 331 g/mol. The lowest BCUT2D eigenvalue weighted by Gasteiger charge is -2.23. The third-order valence-electron chi connectivity index (χ3n) is 3.57. The molecular weight excluding hydrogens is 306 g/mol. The van der Waals surface area contributed by atoms with E-state index in [1.54, 1.807) is 12.1 Å². The second-order valence-corrected chi connectivity index (χ2v) is 6.03. The third kappa shape index (κ3) is 6.06. The number of hydrogen-bond acceptors (Lipinski definition) is 4. The van der Waals surface area contributed by atoms with Crippen LogP contribution in [0, 0.1) is 0 Å². The van der Waals surface area contributed by atoms with Gasteiger partial charge < -0.3 is 25.1 Å². The van der Waals surface area contributed by atoms with Crippen molar-refractivity contribution in [3.63, 3.8) is 0 Å². The van der Waals surface area contributed by atoms with E-state index in [1.807, 2.05) is 49.3 Å². The van der Waals surface area contributed by atoms with Gasteiger partial charge in [0.2, 0.25) is 0 Å². The third-order valence-corrected chi connectivity index (χ3v) is 3.57. The lowest BCUT2D eigenvalue weighted by molar-refractivity contribution is 0.147. The fourth-order valence-electron chi connectivity index (χ4n) is 2.51. The van der Waals surface area contributed by atoms with E-state index < -0.39 is 6.10 Å². The van der Waals surface area contributed by atoms with Crippen molar-refractivity contribution >= 4 is 6.03 Å². The molecule has 0 spiro atoms. The van der Waals surface area contributed by atoms with Gasteiger partial charge in [0.1, 0.15) is 11.9 Å². The quantitative estimate of drug-likeness (QED) is 0.689. The first kappa shape index (κ1) is 18.0. The molecule has 6 nitrogen and oxygen atoms in total. The first-order chi connectivity index (χ1) is 11.5. The molecule has 1 aromatic carbocycles. The van der Waals surface area contributed by atoms with Crippen molar-refractivity contribution in [1.29, 1.82) is 0 Å². The molecule has 0 saturated heterocycles. The zero-order chi connectivity index (χ0) is 17.4. The van der Waals surface area contributed by atoms with Crippen LogP contribution in [0.5, 0.6) is 0 Å². The second-order valence-electron chi connectivity index (χ2n) is 6.03. The molecule has 0 aliphatic rings. The molecule has 0 fully saturated rings. The molecule has 0 bridgehead atoms. The Kier molecular flexibility index (Phi) is 6.84. The Morgan fingerprint density at radius 3 is 2.58 bits per heavy atom. The van der Waals surface area contributed by atoms with Crippen LogP contribution >= 0.6 is 0 Å². The number of benzene rings is 1. The Balaban J connectivity index is 1.84. The number of urea groups is 1. The maximum atomic E-state index is 12.1. The minimum absolute atomic E-state index is 0.0249. The molecule has 2 unspecified atom stereocenters. The highest BCUT2D eigenvalue weighted by Crippen LogP contribution is 2.11. The highest BCUT2D eigenvalue weighted by molar-refractivity contribution is 5.74. The number of aliphatic hydroxyl groups is 1. The van der Waals surface area contributed by atoms with Gasteiger partial charge in [0.15, 0.2) is 0 Å². The lowest BCUT2D eigenvalue weighted by atomic mass is 10.1. The van der Waals surface area contributed by atoms with Crippen molar-refractivity contribution < 1.29 is 14.3 Å². The van der Waals surface area contributed by atoms with Gasteiger partial charge in [-0.05, 0) is 38.2 Å². The predicted octanol–water partition coefficient (Wildman–Crippen LogP) is 1.79. The van der Waals surface area contributed by atoms with E-state index >= 15 is 0 Å². The van der Waals surface area contributed by atoms with Crippen LogP contribution in [0.2, 0.25) is 0 Å². The second kappa shape index (κ2) is 9.10. The van der Waals surface area contributed by atoms with Gasteiger partial charge in [-0.1, -0.05) is 30.3 Å². The highest BCUT2D eigenvalue weighted by atomic mass is 16.4. The summed E-state index contributed by atoms with van der Waals surface area (Å²) in [5.74, 6) is 0.435. The SMILES string of the molecule is CN(C)CC(Cc1ccccc1)NC(=O)NCC(O)c1ccco1. The van der Waals surface area contributed by atoms with Gasteiger partial charge in [0.05, 0.1) is 12.8 Å². The molecule has 0 saturated carbocycles. The van der Waals surface area contributed by atoms with Crippen molar-refractivity contribution in [2.24, 2.45) is 0 Å². The molecule has 0 aliphatic carbocycles. The first-order valence-electron chi connectivity index (χ1n) is 7.99. The smallest absolute Gasteiger partial charge is 0.315 e. The van der Waals surface area contributed by atoms with E-state index in [2.05, 4.69) is 10.6 Å². The molecule has 24 heavy (non-hydrogen) atoms. The van der Waals surface area contributed by atoms with Crippen molar-refractivity contribution in [2.45, 2.75) is 18.6 Å². The minimum atomic E-state index is -0.854. The molecule has 130 valence electrons. The molecular formula is C18H25N3O3. The number of hydrogen-bond donors (Lipinski definition) is 3. The van der Waals surface area contributed by atoms with Crippen LogP contribution in [-0.4, -0.2) is 49.3 Å². The molecule has 2 amide bonds. The van der Waals surface area contributed by atoms with Crippen LogP contribution in [0.15, 0.2) is 53.1 Å². The molecule has 0 radical (unpaired) electrons. The summed E-state index contributed by atoms with van der Waals surface area (Å²) in [5.41, 5.74) is 1.17. The van der Waals surface area contributed by atoms with E-state index in [-0.39, 0.29) is 18.6 Å². The Bertz CT molecular complexity index is 599. The summed E-state index contributed by atoms with van der Waals surface area (Å²) in [7, 11) is 3.94. The number of carbonyl (C=O) groups excluding carboxylic acids is 1. The number of nitrogens with one attached hydrogen (secondary N) is 2. The summed E-state index contributed by atoms with van der Waals surface area (Å²) in [6.45, 7) is 0.822. The highest BCUT2D eigenvalue weighted by Gasteiger charge is 2.16. The number of carbonyl (C=O) groups is 1. The first-order valence-corrected chi connectivity index (χ1v) is 7.99. The van der Waals surface area contributed by atoms with E-state index in [0.29, 0.717) is 5.76 Å². The topological polar surface area (TPSA) is 77.7 Å². The normalized spacial score (nSPS) is 13.5. The van der Waals surface area contributed by atoms with Crippen LogP contribution in [-0.2, 0) is 6.42 Å². The predicted molar refractivity (Wildman–Crippen MR) is 92.7 cm³/mol. The average molecular weight is 331 g/mol. The van der Waals surface area contributed by atoms with Gasteiger partial charge in [0.25, 0.3) is 0 Å². The summed E-state index contributed by atoms with van der Waals surface area (Å²) >= 11 is 0. The molecule has 2 rings (SSSR count). The summed E-state index contributed by atoms with van der Waals surface area (Å²) < 4.78 is 5.11. The standard InChI is InChI=1S/C18H25N3O3/c1-21(2)13-15(11-14-7-4-3-5-8-14)20-18(23)19-12-16(22)17-9-6-10-24-17/h3-10,15-16,22H,11-13H2,1-2H3,(H2,19,20,23). The van der Waals surface area contributed by atoms with Crippen molar-refractivity contribution in [2.75, 3.05) is 27.2 Å². The maximum absolute atomic E-state index is 12.1.